The molecule has 2 atom stereocenters. The van der Waals surface area contributed by atoms with Crippen molar-refractivity contribution in [1.29, 1.82) is 0 Å². The van der Waals surface area contributed by atoms with Gasteiger partial charge in [-0.15, -0.1) is 0 Å². The van der Waals surface area contributed by atoms with Crippen molar-refractivity contribution < 1.29 is 9.53 Å². The van der Waals surface area contributed by atoms with Crippen LogP contribution in [0.25, 0.3) is 0 Å². The molecule has 3 nitrogen and oxygen atoms in total. The predicted octanol–water partition coefficient (Wildman–Crippen LogP) is 2.67. The van der Waals surface area contributed by atoms with Gasteiger partial charge in [-0.3, -0.25) is 4.79 Å². The second-order valence-corrected chi connectivity index (χ2v) is 4.70. The normalized spacial score (nSPS) is 14.0. The van der Waals surface area contributed by atoms with Crippen molar-refractivity contribution in [3.8, 4) is 0 Å². The molecule has 0 fully saturated rings. The van der Waals surface area contributed by atoms with Gasteiger partial charge < -0.3 is 10.1 Å². The maximum atomic E-state index is 11.6. The van der Waals surface area contributed by atoms with Crippen LogP contribution in [0.15, 0.2) is 24.3 Å². The lowest BCUT2D eigenvalue weighted by molar-refractivity contribution is -0.148. The number of carbonyl (C=O) groups excluding carboxylic acids is 1. The third-order valence-corrected chi connectivity index (χ3v) is 3.16. The Morgan fingerprint density at radius 2 is 1.89 bits per heavy atom. The van der Waals surface area contributed by atoms with Gasteiger partial charge in [0.05, 0.1) is 12.5 Å². The molecule has 18 heavy (non-hydrogen) atoms. The zero-order valence-corrected chi connectivity index (χ0v) is 11.7. The quantitative estimate of drug-likeness (QED) is 0.788. The van der Waals surface area contributed by atoms with Crippen LogP contribution < -0.4 is 5.32 Å². The smallest absolute Gasteiger partial charge is 0.310 e. The molecule has 0 aromatic heterocycles. The molecule has 0 saturated heterocycles. The van der Waals surface area contributed by atoms with Crippen molar-refractivity contribution in [2.45, 2.75) is 40.3 Å². The van der Waals surface area contributed by atoms with Crippen molar-refractivity contribution in [2.24, 2.45) is 5.92 Å². The molecular weight excluding hydrogens is 226 g/mol. The van der Waals surface area contributed by atoms with Crippen molar-refractivity contribution in [2.75, 3.05) is 6.61 Å². The average molecular weight is 249 g/mol. The summed E-state index contributed by atoms with van der Waals surface area (Å²) < 4.78 is 5.01. The van der Waals surface area contributed by atoms with Crippen LogP contribution in [0.3, 0.4) is 0 Å². The number of rotatable bonds is 6. The summed E-state index contributed by atoms with van der Waals surface area (Å²) in [4.78, 5) is 11.6. The Bertz CT molecular complexity index is 373. The van der Waals surface area contributed by atoms with E-state index in [1.54, 1.807) is 0 Å². The van der Waals surface area contributed by atoms with Gasteiger partial charge in [0.2, 0.25) is 0 Å². The van der Waals surface area contributed by atoms with Crippen LogP contribution in [0.4, 0.5) is 0 Å². The van der Waals surface area contributed by atoms with Crippen molar-refractivity contribution in [1.82, 2.24) is 5.32 Å². The highest BCUT2D eigenvalue weighted by molar-refractivity contribution is 5.72. The summed E-state index contributed by atoms with van der Waals surface area (Å²) in [5.74, 6) is -0.267. The first-order valence-corrected chi connectivity index (χ1v) is 6.50. The standard InChI is InChI=1S/C15H23NO2/c1-5-18-15(17)12(3)13(4)16-10-14-8-6-11(2)7-9-14/h6-9,12-13,16H,5,10H2,1-4H3. The van der Waals surface area contributed by atoms with E-state index in [9.17, 15) is 4.79 Å². The number of ether oxygens (including phenoxy) is 1. The zero-order chi connectivity index (χ0) is 13.5. The molecule has 0 radical (unpaired) electrons. The Balaban J connectivity index is 2.42. The number of nitrogens with one attached hydrogen (secondary N) is 1. The first-order valence-electron chi connectivity index (χ1n) is 6.50. The largest absolute Gasteiger partial charge is 0.466 e. The van der Waals surface area contributed by atoms with Crippen molar-refractivity contribution >= 4 is 5.97 Å². The fourth-order valence-electron chi connectivity index (χ4n) is 1.64. The molecule has 3 heteroatoms. The van der Waals surface area contributed by atoms with Crippen LogP contribution in [-0.4, -0.2) is 18.6 Å². The van der Waals surface area contributed by atoms with E-state index in [-0.39, 0.29) is 17.9 Å². The Morgan fingerprint density at radius 3 is 2.44 bits per heavy atom. The minimum atomic E-state index is -0.138. The molecule has 0 saturated carbocycles. The van der Waals surface area contributed by atoms with E-state index in [1.165, 1.54) is 11.1 Å². The predicted molar refractivity (Wildman–Crippen MR) is 73.3 cm³/mol. The number of hydrogen-bond acceptors (Lipinski definition) is 3. The average Bonchev–Trinajstić information content (AvgIpc) is 2.37. The lowest BCUT2D eigenvalue weighted by Crippen LogP contribution is -2.36. The van der Waals surface area contributed by atoms with Crippen LogP contribution in [0.5, 0.6) is 0 Å². The molecule has 1 rings (SSSR count). The molecule has 100 valence electrons. The fourth-order valence-corrected chi connectivity index (χ4v) is 1.64. The SMILES string of the molecule is CCOC(=O)C(C)C(C)NCc1ccc(C)cc1. The summed E-state index contributed by atoms with van der Waals surface area (Å²) in [6.07, 6.45) is 0. The highest BCUT2D eigenvalue weighted by Gasteiger charge is 2.20. The highest BCUT2D eigenvalue weighted by atomic mass is 16.5. The summed E-state index contributed by atoms with van der Waals surface area (Å²) in [5, 5.41) is 3.36. The topological polar surface area (TPSA) is 38.3 Å². The van der Waals surface area contributed by atoms with Crippen molar-refractivity contribution in [3.63, 3.8) is 0 Å². The van der Waals surface area contributed by atoms with Gasteiger partial charge in [-0.25, -0.2) is 0 Å². The van der Waals surface area contributed by atoms with Gasteiger partial charge in [0.1, 0.15) is 0 Å². The minimum Gasteiger partial charge on any atom is -0.466 e. The number of esters is 1. The molecule has 0 spiro atoms. The summed E-state index contributed by atoms with van der Waals surface area (Å²) in [6, 6.07) is 8.49. The maximum Gasteiger partial charge on any atom is 0.310 e. The first kappa shape index (κ1) is 14.7. The van der Waals surface area contributed by atoms with Crippen LogP contribution >= 0.6 is 0 Å². The Hall–Kier alpha value is -1.35. The molecule has 1 aromatic carbocycles. The van der Waals surface area contributed by atoms with Crippen molar-refractivity contribution in [3.05, 3.63) is 35.4 Å². The third kappa shape index (κ3) is 4.49. The van der Waals surface area contributed by atoms with Crippen LogP contribution in [0.2, 0.25) is 0 Å². The molecule has 2 unspecified atom stereocenters. The number of aryl methyl sites for hydroxylation is 1. The molecule has 0 bridgehead atoms. The van der Waals surface area contributed by atoms with Gasteiger partial charge >= 0.3 is 5.97 Å². The second-order valence-electron chi connectivity index (χ2n) is 4.70. The summed E-state index contributed by atoms with van der Waals surface area (Å²) >= 11 is 0. The lowest BCUT2D eigenvalue weighted by atomic mass is 10.0. The lowest BCUT2D eigenvalue weighted by Gasteiger charge is -2.19. The summed E-state index contributed by atoms with van der Waals surface area (Å²) in [6.45, 7) is 9.01. The molecule has 1 aromatic rings. The van der Waals surface area contributed by atoms with E-state index >= 15 is 0 Å². The maximum absolute atomic E-state index is 11.6. The van der Waals surface area contributed by atoms with Crippen LogP contribution in [0.1, 0.15) is 31.9 Å². The summed E-state index contributed by atoms with van der Waals surface area (Å²) in [7, 11) is 0. The molecule has 0 aliphatic carbocycles. The Morgan fingerprint density at radius 1 is 1.28 bits per heavy atom. The number of hydrogen-bond donors (Lipinski definition) is 1. The Labute approximate surface area is 110 Å². The molecule has 0 aliphatic heterocycles. The zero-order valence-electron chi connectivity index (χ0n) is 11.7. The first-order chi connectivity index (χ1) is 8.54. The second kappa shape index (κ2) is 7.17. The van der Waals surface area contributed by atoms with E-state index in [2.05, 4.69) is 36.5 Å². The fraction of sp³-hybridized carbons (Fsp3) is 0.533. The molecular formula is C15H23NO2. The third-order valence-electron chi connectivity index (χ3n) is 3.16. The molecule has 0 amide bonds. The number of carbonyl (C=O) groups is 1. The Kier molecular flexibility index (Phi) is 5.86. The van der Waals surface area contributed by atoms with Crippen LogP contribution in [-0.2, 0) is 16.1 Å². The van der Waals surface area contributed by atoms with Gasteiger partial charge in [0.15, 0.2) is 0 Å². The van der Waals surface area contributed by atoms with E-state index in [4.69, 9.17) is 4.74 Å². The van der Waals surface area contributed by atoms with Gasteiger partial charge in [0, 0.05) is 12.6 Å². The van der Waals surface area contributed by atoms with E-state index in [0.29, 0.717) is 6.61 Å². The molecule has 1 N–H and O–H groups in total. The van der Waals surface area contributed by atoms with E-state index in [0.717, 1.165) is 6.54 Å². The van der Waals surface area contributed by atoms with Gasteiger partial charge in [-0.05, 0) is 26.3 Å². The van der Waals surface area contributed by atoms with Gasteiger partial charge in [-0.1, -0.05) is 36.8 Å². The highest BCUT2D eigenvalue weighted by Crippen LogP contribution is 2.08. The number of benzene rings is 1. The summed E-state index contributed by atoms with van der Waals surface area (Å²) in [5.41, 5.74) is 2.48. The van der Waals surface area contributed by atoms with E-state index in [1.807, 2.05) is 20.8 Å². The monoisotopic (exact) mass is 249 g/mol. The van der Waals surface area contributed by atoms with E-state index < -0.39 is 0 Å². The van der Waals surface area contributed by atoms with Gasteiger partial charge in [0.25, 0.3) is 0 Å². The minimum absolute atomic E-state index is 0.102. The van der Waals surface area contributed by atoms with Gasteiger partial charge in [-0.2, -0.15) is 0 Å². The van der Waals surface area contributed by atoms with Crippen LogP contribution in [0, 0.1) is 12.8 Å². The molecule has 0 aliphatic rings. The molecule has 0 heterocycles.